The number of benzene rings is 2. The first kappa shape index (κ1) is 16.3. The van der Waals surface area contributed by atoms with Crippen molar-refractivity contribution < 1.29 is 9.47 Å². The molecule has 4 rings (SSSR count). The minimum absolute atomic E-state index is 0.711. The number of aromatic nitrogens is 4. The number of hydrogen-bond acceptors (Lipinski definition) is 6. The summed E-state index contributed by atoms with van der Waals surface area (Å²) in [5.41, 5.74) is 2.02. The van der Waals surface area contributed by atoms with Gasteiger partial charge >= 0.3 is 0 Å². The van der Waals surface area contributed by atoms with Crippen molar-refractivity contribution in [3.05, 3.63) is 59.1 Å². The van der Waals surface area contributed by atoms with Crippen LogP contribution in [0.5, 0.6) is 11.5 Å². The molecule has 0 spiro atoms. The van der Waals surface area contributed by atoms with E-state index in [2.05, 4.69) is 15.3 Å². The van der Waals surface area contributed by atoms with Gasteiger partial charge in [0.05, 0.1) is 14.2 Å². The summed E-state index contributed by atoms with van der Waals surface area (Å²) < 4.78 is 12.1. The second kappa shape index (κ2) is 6.97. The second-order valence-corrected chi connectivity index (χ2v) is 6.48. The van der Waals surface area contributed by atoms with E-state index in [0.29, 0.717) is 5.82 Å². The zero-order chi connectivity index (χ0) is 17.9. The maximum absolute atomic E-state index is 5.19. The van der Waals surface area contributed by atoms with Crippen LogP contribution in [0.15, 0.2) is 48.5 Å². The van der Waals surface area contributed by atoms with E-state index in [4.69, 9.17) is 9.47 Å². The van der Waals surface area contributed by atoms with Gasteiger partial charge in [-0.05, 0) is 48.0 Å². The molecule has 0 aliphatic heterocycles. The first-order valence-electron chi connectivity index (χ1n) is 7.95. The Morgan fingerprint density at radius 3 is 2.15 bits per heavy atom. The molecule has 0 saturated carbocycles. The molecule has 6 nitrogen and oxygen atoms in total. The van der Waals surface area contributed by atoms with Crippen LogP contribution in [-0.4, -0.2) is 34.0 Å². The molecule has 0 amide bonds. The van der Waals surface area contributed by atoms with Gasteiger partial charge in [0.2, 0.25) is 4.96 Å². The van der Waals surface area contributed by atoms with Crippen molar-refractivity contribution in [1.82, 2.24) is 19.8 Å². The molecule has 2 aromatic heterocycles. The molecule has 0 atom stereocenters. The van der Waals surface area contributed by atoms with Gasteiger partial charge in [-0.3, -0.25) is 0 Å². The van der Waals surface area contributed by atoms with E-state index in [-0.39, 0.29) is 0 Å². The monoisotopic (exact) mass is 364 g/mol. The molecule has 0 fully saturated rings. The Balaban J connectivity index is 1.61. The molecule has 7 heteroatoms. The van der Waals surface area contributed by atoms with Crippen LogP contribution < -0.4 is 9.47 Å². The van der Waals surface area contributed by atoms with Gasteiger partial charge in [-0.25, -0.2) is 0 Å². The van der Waals surface area contributed by atoms with Crippen molar-refractivity contribution in [2.75, 3.05) is 14.2 Å². The lowest BCUT2D eigenvalue weighted by Gasteiger charge is -2.00. The molecule has 0 aliphatic carbocycles. The summed E-state index contributed by atoms with van der Waals surface area (Å²) in [7, 11) is 3.30. The summed E-state index contributed by atoms with van der Waals surface area (Å²) in [6.45, 7) is 0. The van der Waals surface area contributed by atoms with Gasteiger partial charge in [-0.1, -0.05) is 29.5 Å². The first-order valence-corrected chi connectivity index (χ1v) is 8.77. The Morgan fingerprint density at radius 2 is 1.50 bits per heavy atom. The van der Waals surface area contributed by atoms with Crippen LogP contribution in [0.4, 0.5) is 0 Å². The number of rotatable bonds is 5. The summed E-state index contributed by atoms with van der Waals surface area (Å²) in [5.74, 6) is 2.35. The summed E-state index contributed by atoms with van der Waals surface area (Å²) in [6.07, 6.45) is 3.98. The first-order chi connectivity index (χ1) is 12.8. The van der Waals surface area contributed by atoms with Crippen LogP contribution in [0.25, 0.3) is 28.5 Å². The van der Waals surface area contributed by atoms with Crippen molar-refractivity contribution >= 4 is 28.4 Å². The van der Waals surface area contributed by atoms with Crippen LogP contribution in [-0.2, 0) is 0 Å². The van der Waals surface area contributed by atoms with E-state index in [1.165, 1.54) is 11.3 Å². The fraction of sp³-hybridized carbons (Fsp3) is 0.105. The highest BCUT2D eigenvalue weighted by atomic mass is 32.1. The fourth-order valence-corrected chi connectivity index (χ4v) is 3.24. The summed E-state index contributed by atoms with van der Waals surface area (Å²) in [6, 6.07) is 15.5. The van der Waals surface area contributed by atoms with Crippen molar-refractivity contribution in [1.29, 1.82) is 0 Å². The molecular formula is C19H16N4O2S. The third kappa shape index (κ3) is 3.16. The molecule has 0 N–H and O–H groups in total. The van der Waals surface area contributed by atoms with Crippen molar-refractivity contribution in [3.8, 4) is 22.9 Å². The van der Waals surface area contributed by atoms with E-state index in [0.717, 1.165) is 32.6 Å². The van der Waals surface area contributed by atoms with Crippen LogP contribution in [0, 0.1) is 0 Å². The number of hydrogen-bond donors (Lipinski definition) is 0. The average Bonchev–Trinajstić information content (AvgIpc) is 3.27. The lowest BCUT2D eigenvalue weighted by atomic mass is 10.2. The lowest BCUT2D eigenvalue weighted by Crippen LogP contribution is -1.91. The van der Waals surface area contributed by atoms with E-state index in [1.807, 2.05) is 60.7 Å². The molecule has 26 heavy (non-hydrogen) atoms. The summed E-state index contributed by atoms with van der Waals surface area (Å²) >= 11 is 1.49. The number of ether oxygens (including phenoxy) is 2. The standard InChI is InChI=1S/C19H16N4O2S/c1-24-15-8-3-13(4-9-15)5-12-17-22-23-18(20-21-19(23)26-17)14-6-10-16(25-2)11-7-14/h3-12H,1-2H3. The lowest BCUT2D eigenvalue weighted by molar-refractivity contribution is 0.414. The van der Waals surface area contributed by atoms with Crippen LogP contribution in [0.3, 0.4) is 0 Å². The van der Waals surface area contributed by atoms with Gasteiger partial charge in [0.25, 0.3) is 0 Å². The minimum atomic E-state index is 0.711. The Morgan fingerprint density at radius 1 is 0.846 bits per heavy atom. The van der Waals surface area contributed by atoms with Crippen molar-refractivity contribution in [2.24, 2.45) is 0 Å². The third-order valence-electron chi connectivity index (χ3n) is 3.89. The van der Waals surface area contributed by atoms with Crippen LogP contribution >= 0.6 is 11.3 Å². The molecule has 0 saturated heterocycles. The molecule has 4 aromatic rings. The second-order valence-electron chi connectivity index (χ2n) is 5.49. The molecule has 0 aliphatic rings. The minimum Gasteiger partial charge on any atom is -0.497 e. The number of fused-ring (bicyclic) bond motifs is 1. The highest BCUT2D eigenvalue weighted by Crippen LogP contribution is 2.24. The highest BCUT2D eigenvalue weighted by molar-refractivity contribution is 7.17. The molecule has 2 aromatic carbocycles. The Labute approximate surface area is 154 Å². The average molecular weight is 364 g/mol. The topological polar surface area (TPSA) is 61.5 Å². The van der Waals surface area contributed by atoms with Gasteiger partial charge in [0.1, 0.15) is 16.5 Å². The number of nitrogens with zero attached hydrogens (tertiary/aromatic N) is 4. The zero-order valence-corrected chi connectivity index (χ0v) is 15.1. The van der Waals surface area contributed by atoms with E-state index in [9.17, 15) is 0 Å². The predicted molar refractivity (Wildman–Crippen MR) is 103 cm³/mol. The van der Waals surface area contributed by atoms with Gasteiger partial charge in [0, 0.05) is 5.56 Å². The summed E-state index contributed by atoms with van der Waals surface area (Å²) in [5, 5.41) is 13.9. The van der Waals surface area contributed by atoms with Crippen molar-refractivity contribution in [3.63, 3.8) is 0 Å². The molecule has 2 heterocycles. The molecule has 0 bridgehead atoms. The van der Waals surface area contributed by atoms with Gasteiger partial charge in [0.15, 0.2) is 5.82 Å². The van der Waals surface area contributed by atoms with E-state index < -0.39 is 0 Å². The molecule has 130 valence electrons. The normalized spacial score (nSPS) is 11.3. The Kier molecular flexibility index (Phi) is 4.37. The Hall–Kier alpha value is -3.19. The molecular weight excluding hydrogens is 348 g/mol. The van der Waals surface area contributed by atoms with Gasteiger partial charge in [-0.2, -0.15) is 9.61 Å². The van der Waals surface area contributed by atoms with Crippen molar-refractivity contribution in [2.45, 2.75) is 0 Å². The fourth-order valence-electron chi connectivity index (χ4n) is 2.50. The van der Waals surface area contributed by atoms with Crippen LogP contribution in [0.1, 0.15) is 10.6 Å². The Bertz CT molecular complexity index is 1050. The van der Waals surface area contributed by atoms with E-state index >= 15 is 0 Å². The van der Waals surface area contributed by atoms with Gasteiger partial charge in [-0.15, -0.1) is 10.2 Å². The smallest absolute Gasteiger partial charge is 0.235 e. The molecule has 0 radical (unpaired) electrons. The predicted octanol–water partition coefficient (Wildman–Crippen LogP) is 4.04. The maximum Gasteiger partial charge on any atom is 0.235 e. The number of methoxy groups -OCH3 is 2. The third-order valence-corrected chi connectivity index (χ3v) is 4.75. The quantitative estimate of drug-likeness (QED) is 0.535. The van der Waals surface area contributed by atoms with Crippen LogP contribution in [0.2, 0.25) is 0 Å². The maximum atomic E-state index is 5.19. The van der Waals surface area contributed by atoms with Gasteiger partial charge < -0.3 is 9.47 Å². The highest BCUT2D eigenvalue weighted by Gasteiger charge is 2.12. The SMILES string of the molecule is COc1ccc(C=Cc2nn3c(-c4ccc(OC)cc4)nnc3s2)cc1. The largest absolute Gasteiger partial charge is 0.497 e. The summed E-state index contributed by atoms with van der Waals surface area (Å²) in [4.78, 5) is 0.755. The molecule has 0 unspecified atom stereocenters. The zero-order valence-electron chi connectivity index (χ0n) is 14.3. The van der Waals surface area contributed by atoms with E-state index in [1.54, 1.807) is 18.7 Å².